The number of hydrogen-bond donors (Lipinski definition) is 1. The number of carbonyl (C=O) groups is 1. The third kappa shape index (κ3) is 4.34. The number of nitrogens with zero attached hydrogens (tertiary/aromatic N) is 3. The van der Waals surface area contributed by atoms with Crippen LogP contribution < -0.4 is 10.1 Å². The predicted molar refractivity (Wildman–Crippen MR) is 97.8 cm³/mol. The Balaban J connectivity index is 1.74. The summed E-state index contributed by atoms with van der Waals surface area (Å²) in [5.41, 5.74) is 0.814. The quantitative estimate of drug-likeness (QED) is 0.870. The second-order valence-corrected chi connectivity index (χ2v) is 6.53. The first-order chi connectivity index (χ1) is 13.2. The molecule has 0 unspecified atom stereocenters. The SMILES string of the molecule is COc1ccccc1COC(=O)NC1(c2ccnc(C#N)n2)CCCCC1. The zero-order chi connectivity index (χ0) is 19.1. The second kappa shape index (κ2) is 8.49. The van der Waals surface area contributed by atoms with Crippen LogP contribution in [0.3, 0.4) is 0 Å². The maximum Gasteiger partial charge on any atom is 0.408 e. The summed E-state index contributed by atoms with van der Waals surface area (Å²) in [7, 11) is 1.58. The van der Waals surface area contributed by atoms with Gasteiger partial charge in [0.15, 0.2) is 0 Å². The van der Waals surface area contributed by atoms with Crippen LogP contribution in [0.25, 0.3) is 0 Å². The van der Waals surface area contributed by atoms with E-state index in [0.717, 1.165) is 37.7 Å². The van der Waals surface area contributed by atoms with Crippen LogP contribution in [0.5, 0.6) is 5.75 Å². The fourth-order valence-corrected chi connectivity index (χ4v) is 3.48. The van der Waals surface area contributed by atoms with E-state index in [0.29, 0.717) is 11.4 Å². The van der Waals surface area contributed by atoms with Crippen molar-refractivity contribution in [2.45, 2.75) is 44.2 Å². The first-order valence-electron chi connectivity index (χ1n) is 8.97. The van der Waals surface area contributed by atoms with Gasteiger partial charge in [-0.05, 0) is 25.0 Å². The number of amides is 1. The van der Waals surface area contributed by atoms with Crippen LogP contribution in [0.2, 0.25) is 0 Å². The predicted octanol–water partition coefficient (Wildman–Crippen LogP) is 3.44. The van der Waals surface area contributed by atoms with Gasteiger partial charge in [-0.15, -0.1) is 0 Å². The molecular formula is C20H22N4O3. The van der Waals surface area contributed by atoms with Crippen molar-refractivity contribution in [3.05, 3.63) is 53.6 Å². The Morgan fingerprint density at radius 1 is 1.26 bits per heavy atom. The highest BCUT2D eigenvalue weighted by Crippen LogP contribution is 2.36. The minimum absolute atomic E-state index is 0.0987. The molecule has 140 valence electrons. The molecule has 1 aromatic carbocycles. The summed E-state index contributed by atoms with van der Waals surface area (Å²) in [5.74, 6) is 0.772. The van der Waals surface area contributed by atoms with Crippen molar-refractivity contribution >= 4 is 6.09 Å². The van der Waals surface area contributed by atoms with Gasteiger partial charge in [0, 0.05) is 11.8 Å². The van der Waals surface area contributed by atoms with Crippen molar-refractivity contribution in [3.8, 4) is 11.8 Å². The number of rotatable bonds is 5. The average molecular weight is 366 g/mol. The number of ether oxygens (including phenoxy) is 2. The number of aromatic nitrogens is 2. The number of methoxy groups -OCH3 is 1. The lowest BCUT2D eigenvalue weighted by atomic mass is 9.79. The second-order valence-electron chi connectivity index (χ2n) is 6.53. The maximum atomic E-state index is 12.5. The Morgan fingerprint density at radius 2 is 2.04 bits per heavy atom. The van der Waals surface area contributed by atoms with Gasteiger partial charge < -0.3 is 14.8 Å². The van der Waals surface area contributed by atoms with E-state index in [2.05, 4.69) is 15.3 Å². The summed E-state index contributed by atoms with van der Waals surface area (Å²) >= 11 is 0. The number of nitriles is 1. The van der Waals surface area contributed by atoms with Crippen molar-refractivity contribution in [2.75, 3.05) is 7.11 Å². The van der Waals surface area contributed by atoms with Crippen LogP contribution in [0, 0.1) is 11.3 Å². The molecule has 1 saturated carbocycles. The molecule has 1 aliphatic rings. The number of hydrogen-bond acceptors (Lipinski definition) is 6. The number of para-hydroxylation sites is 1. The molecule has 1 aromatic heterocycles. The molecule has 27 heavy (non-hydrogen) atoms. The summed E-state index contributed by atoms with van der Waals surface area (Å²) in [5, 5.41) is 12.1. The number of nitrogens with one attached hydrogen (secondary N) is 1. The molecule has 2 aromatic rings. The van der Waals surface area contributed by atoms with E-state index in [1.807, 2.05) is 30.3 Å². The van der Waals surface area contributed by atoms with E-state index in [-0.39, 0.29) is 12.4 Å². The molecule has 1 N–H and O–H groups in total. The van der Waals surface area contributed by atoms with Crippen LogP contribution in [-0.2, 0) is 16.9 Å². The third-order valence-corrected chi connectivity index (χ3v) is 4.85. The van der Waals surface area contributed by atoms with Crippen LogP contribution in [0.15, 0.2) is 36.5 Å². The van der Waals surface area contributed by atoms with Crippen LogP contribution >= 0.6 is 0 Å². The van der Waals surface area contributed by atoms with Gasteiger partial charge in [0.05, 0.1) is 18.3 Å². The van der Waals surface area contributed by atoms with Gasteiger partial charge in [-0.3, -0.25) is 0 Å². The molecule has 0 radical (unpaired) electrons. The van der Waals surface area contributed by atoms with Gasteiger partial charge >= 0.3 is 6.09 Å². The average Bonchev–Trinajstić information content (AvgIpc) is 2.73. The van der Waals surface area contributed by atoms with Crippen molar-refractivity contribution in [1.82, 2.24) is 15.3 Å². The van der Waals surface area contributed by atoms with Crippen LogP contribution in [-0.4, -0.2) is 23.2 Å². The molecule has 3 rings (SSSR count). The normalized spacial score (nSPS) is 15.4. The van der Waals surface area contributed by atoms with Gasteiger partial charge in [-0.1, -0.05) is 37.5 Å². The topological polar surface area (TPSA) is 97.1 Å². The van der Waals surface area contributed by atoms with E-state index >= 15 is 0 Å². The minimum atomic E-state index is -0.634. The molecule has 1 amide bonds. The minimum Gasteiger partial charge on any atom is -0.496 e. The van der Waals surface area contributed by atoms with Crippen molar-refractivity contribution < 1.29 is 14.3 Å². The number of alkyl carbamates (subject to hydrolysis) is 1. The highest BCUT2D eigenvalue weighted by atomic mass is 16.5. The molecule has 0 saturated heterocycles. The summed E-state index contributed by atoms with van der Waals surface area (Å²) in [6.07, 6.45) is 5.59. The zero-order valence-electron chi connectivity index (χ0n) is 15.3. The molecular weight excluding hydrogens is 344 g/mol. The Morgan fingerprint density at radius 3 is 2.78 bits per heavy atom. The molecule has 7 heteroatoms. The summed E-state index contributed by atoms with van der Waals surface area (Å²) < 4.78 is 10.7. The Labute approximate surface area is 158 Å². The number of carbonyl (C=O) groups excluding carboxylic acids is 1. The maximum absolute atomic E-state index is 12.5. The molecule has 0 spiro atoms. The van der Waals surface area contributed by atoms with Crippen molar-refractivity contribution in [3.63, 3.8) is 0 Å². The molecule has 0 aliphatic heterocycles. The Hall–Kier alpha value is -3.14. The van der Waals surface area contributed by atoms with Gasteiger partial charge in [-0.2, -0.15) is 5.26 Å². The number of benzene rings is 1. The fourth-order valence-electron chi connectivity index (χ4n) is 3.48. The molecule has 0 atom stereocenters. The standard InChI is InChI=1S/C20H22N4O3/c1-26-16-8-4-3-7-15(16)14-27-19(25)24-20(10-5-2-6-11-20)17-9-12-22-18(13-21)23-17/h3-4,7-9,12H,2,5-6,10-11,14H2,1H3,(H,24,25). The van der Waals surface area contributed by atoms with E-state index < -0.39 is 11.6 Å². The van der Waals surface area contributed by atoms with Gasteiger partial charge in [-0.25, -0.2) is 14.8 Å². The van der Waals surface area contributed by atoms with E-state index in [1.165, 1.54) is 0 Å². The first-order valence-corrected chi connectivity index (χ1v) is 8.97. The van der Waals surface area contributed by atoms with E-state index in [4.69, 9.17) is 14.7 Å². The first kappa shape index (κ1) is 18.6. The van der Waals surface area contributed by atoms with Gasteiger partial charge in [0.1, 0.15) is 18.4 Å². The zero-order valence-corrected chi connectivity index (χ0v) is 15.3. The molecule has 1 heterocycles. The third-order valence-electron chi connectivity index (χ3n) is 4.85. The van der Waals surface area contributed by atoms with Gasteiger partial charge in [0.25, 0.3) is 0 Å². The Bertz CT molecular complexity index is 841. The summed E-state index contributed by atoms with van der Waals surface area (Å²) in [4.78, 5) is 20.8. The largest absolute Gasteiger partial charge is 0.496 e. The highest BCUT2D eigenvalue weighted by molar-refractivity contribution is 5.68. The van der Waals surface area contributed by atoms with Crippen molar-refractivity contribution in [1.29, 1.82) is 5.26 Å². The van der Waals surface area contributed by atoms with Crippen molar-refractivity contribution in [2.24, 2.45) is 0 Å². The molecule has 0 bridgehead atoms. The molecule has 1 aliphatic carbocycles. The lowest BCUT2D eigenvalue weighted by molar-refractivity contribution is 0.115. The van der Waals surface area contributed by atoms with Crippen LogP contribution in [0.1, 0.15) is 49.2 Å². The Kier molecular flexibility index (Phi) is 5.87. The van der Waals surface area contributed by atoms with Crippen LogP contribution in [0.4, 0.5) is 4.79 Å². The van der Waals surface area contributed by atoms with Gasteiger partial charge in [0.2, 0.25) is 5.82 Å². The monoisotopic (exact) mass is 366 g/mol. The van der Waals surface area contributed by atoms with E-state index in [1.54, 1.807) is 19.4 Å². The van der Waals surface area contributed by atoms with E-state index in [9.17, 15) is 4.79 Å². The molecule has 7 nitrogen and oxygen atoms in total. The summed E-state index contributed by atoms with van der Waals surface area (Å²) in [6.45, 7) is 0.110. The lowest BCUT2D eigenvalue weighted by Crippen LogP contribution is -2.48. The highest BCUT2D eigenvalue weighted by Gasteiger charge is 2.37. The smallest absolute Gasteiger partial charge is 0.408 e. The fraction of sp³-hybridized carbons (Fsp3) is 0.400. The molecule has 1 fully saturated rings. The summed E-state index contributed by atoms with van der Waals surface area (Å²) in [6, 6.07) is 11.1. The lowest BCUT2D eigenvalue weighted by Gasteiger charge is -2.37.